The maximum atomic E-state index is 10.8. The molecule has 0 aliphatic carbocycles. The number of allylic oxidation sites excluding steroid dienone is 1. The molecule has 0 fully saturated rings. The molecule has 1 aromatic rings. The number of benzene rings is 1. The van der Waals surface area contributed by atoms with Crippen LogP contribution in [0.15, 0.2) is 36.4 Å². The number of terminal acetylenes is 1. The van der Waals surface area contributed by atoms with Crippen LogP contribution < -0.4 is 0 Å². The summed E-state index contributed by atoms with van der Waals surface area (Å²) >= 11 is 0. The van der Waals surface area contributed by atoms with Gasteiger partial charge >= 0.3 is 5.97 Å². The molecule has 0 saturated carbocycles. The van der Waals surface area contributed by atoms with Gasteiger partial charge in [-0.05, 0) is 18.6 Å². The number of unbranched alkanes of at least 4 members (excludes halogenated alkanes) is 1. The SMILES string of the molecule is C#Cc1ccccc1C#CCCC=CC(=O)OC. The number of carbonyl (C=O) groups is 1. The average Bonchev–Trinajstić information content (AvgIpc) is 2.42. The molecule has 1 aromatic carbocycles. The van der Waals surface area contributed by atoms with E-state index in [9.17, 15) is 4.79 Å². The molecular formula is C16H14O2. The second kappa shape index (κ2) is 7.76. The standard InChI is InChI=1S/C16H14O2/c1-3-14-10-8-9-12-15(14)11-6-4-5-7-13-16(17)18-2/h1,7-10,12-13H,4-5H2,2H3. The highest BCUT2D eigenvalue weighted by molar-refractivity contribution is 5.81. The van der Waals surface area contributed by atoms with Gasteiger partial charge in [0, 0.05) is 23.6 Å². The predicted molar refractivity (Wildman–Crippen MR) is 71.6 cm³/mol. The first kappa shape index (κ1) is 13.6. The Morgan fingerprint density at radius 3 is 2.78 bits per heavy atom. The minimum atomic E-state index is -0.347. The van der Waals surface area contributed by atoms with Gasteiger partial charge in [-0.3, -0.25) is 0 Å². The lowest BCUT2D eigenvalue weighted by molar-refractivity contribution is -0.134. The van der Waals surface area contributed by atoms with Crippen LogP contribution in [-0.4, -0.2) is 13.1 Å². The Balaban J connectivity index is 2.50. The van der Waals surface area contributed by atoms with Crippen molar-refractivity contribution in [2.24, 2.45) is 0 Å². The van der Waals surface area contributed by atoms with Crippen molar-refractivity contribution in [2.75, 3.05) is 7.11 Å². The molecule has 2 heteroatoms. The monoisotopic (exact) mass is 238 g/mol. The van der Waals surface area contributed by atoms with Crippen molar-refractivity contribution in [2.45, 2.75) is 12.8 Å². The van der Waals surface area contributed by atoms with E-state index < -0.39 is 0 Å². The molecule has 2 nitrogen and oxygen atoms in total. The van der Waals surface area contributed by atoms with Gasteiger partial charge < -0.3 is 4.74 Å². The molecule has 18 heavy (non-hydrogen) atoms. The number of hydrogen-bond acceptors (Lipinski definition) is 2. The highest BCUT2D eigenvalue weighted by Gasteiger charge is 1.93. The summed E-state index contributed by atoms with van der Waals surface area (Å²) in [5, 5.41) is 0. The van der Waals surface area contributed by atoms with E-state index in [1.165, 1.54) is 13.2 Å². The van der Waals surface area contributed by atoms with Gasteiger partial charge in [-0.15, -0.1) is 6.42 Å². The first-order valence-electron chi connectivity index (χ1n) is 5.57. The molecule has 0 atom stereocenters. The molecule has 0 aliphatic heterocycles. The van der Waals surface area contributed by atoms with E-state index in [1.54, 1.807) is 6.08 Å². The Morgan fingerprint density at radius 1 is 1.39 bits per heavy atom. The third-order valence-electron chi connectivity index (χ3n) is 2.20. The maximum absolute atomic E-state index is 10.8. The second-order valence-corrected chi connectivity index (χ2v) is 3.46. The summed E-state index contributed by atoms with van der Waals surface area (Å²) in [4.78, 5) is 10.8. The molecule has 1 rings (SSSR count). The molecule has 90 valence electrons. The lowest BCUT2D eigenvalue weighted by atomic mass is 10.1. The minimum absolute atomic E-state index is 0.347. The van der Waals surface area contributed by atoms with Gasteiger partial charge in [0.15, 0.2) is 0 Å². The minimum Gasteiger partial charge on any atom is -0.466 e. The predicted octanol–water partition coefficient (Wildman–Crippen LogP) is 2.53. The molecule has 0 unspecified atom stereocenters. The van der Waals surface area contributed by atoms with Crippen LogP contribution in [0.2, 0.25) is 0 Å². The fraction of sp³-hybridized carbons (Fsp3) is 0.188. The van der Waals surface area contributed by atoms with Crippen molar-refractivity contribution in [3.63, 3.8) is 0 Å². The van der Waals surface area contributed by atoms with Gasteiger partial charge in [0.2, 0.25) is 0 Å². The zero-order chi connectivity index (χ0) is 13.2. The average molecular weight is 238 g/mol. The van der Waals surface area contributed by atoms with Crippen LogP contribution in [0, 0.1) is 24.2 Å². The number of esters is 1. The zero-order valence-electron chi connectivity index (χ0n) is 10.3. The van der Waals surface area contributed by atoms with Gasteiger partial charge in [0.05, 0.1) is 7.11 Å². The van der Waals surface area contributed by atoms with Crippen LogP contribution in [0.3, 0.4) is 0 Å². The number of hydrogen-bond donors (Lipinski definition) is 0. The Bertz CT molecular complexity index is 536. The molecule has 0 amide bonds. The highest BCUT2D eigenvalue weighted by Crippen LogP contribution is 2.05. The van der Waals surface area contributed by atoms with E-state index in [4.69, 9.17) is 6.42 Å². The van der Waals surface area contributed by atoms with Crippen molar-refractivity contribution in [3.05, 3.63) is 47.5 Å². The van der Waals surface area contributed by atoms with E-state index in [-0.39, 0.29) is 5.97 Å². The lowest BCUT2D eigenvalue weighted by Crippen LogP contribution is -1.93. The van der Waals surface area contributed by atoms with Gasteiger partial charge in [-0.25, -0.2) is 4.79 Å². The van der Waals surface area contributed by atoms with Gasteiger partial charge in [0.1, 0.15) is 0 Å². The molecule has 0 aromatic heterocycles. The molecule has 0 saturated heterocycles. The third-order valence-corrected chi connectivity index (χ3v) is 2.20. The number of ether oxygens (including phenoxy) is 1. The topological polar surface area (TPSA) is 26.3 Å². The van der Waals surface area contributed by atoms with Gasteiger partial charge in [0.25, 0.3) is 0 Å². The number of rotatable bonds is 3. The van der Waals surface area contributed by atoms with Crippen molar-refractivity contribution >= 4 is 5.97 Å². The van der Waals surface area contributed by atoms with Crippen molar-refractivity contribution < 1.29 is 9.53 Å². The summed E-state index contributed by atoms with van der Waals surface area (Å²) in [5.41, 5.74) is 1.66. The number of methoxy groups -OCH3 is 1. The molecule has 0 radical (unpaired) electrons. The fourth-order valence-corrected chi connectivity index (χ4v) is 1.28. The van der Waals surface area contributed by atoms with Crippen molar-refractivity contribution in [3.8, 4) is 24.2 Å². The molecule has 0 N–H and O–H groups in total. The normalized spacial score (nSPS) is 9.33. The smallest absolute Gasteiger partial charge is 0.330 e. The van der Waals surface area contributed by atoms with Gasteiger partial charge in [-0.1, -0.05) is 36.0 Å². The van der Waals surface area contributed by atoms with Crippen LogP contribution in [0.4, 0.5) is 0 Å². The first-order valence-corrected chi connectivity index (χ1v) is 5.57. The van der Waals surface area contributed by atoms with Crippen LogP contribution in [0.25, 0.3) is 0 Å². The van der Waals surface area contributed by atoms with E-state index in [0.717, 1.165) is 11.1 Å². The van der Waals surface area contributed by atoms with Crippen LogP contribution >= 0.6 is 0 Å². The van der Waals surface area contributed by atoms with E-state index >= 15 is 0 Å². The summed E-state index contributed by atoms with van der Waals surface area (Å²) in [7, 11) is 1.35. The molecule has 0 bridgehead atoms. The molecule has 0 spiro atoms. The first-order chi connectivity index (χ1) is 8.77. The third kappa shape index (κ3) is 4.60. The van der Waals surface area contributed by atoms with Crippen LogP contribution in [0.5, 0.6) is 0 Å². The Labute approximate surface area is 108 Å². The highest BCUT2D eigenvalue weighted by atomic mass is 16.5. The molecule has 0 heterocycles. The summed E-state index contributed by atoms with van der Waals surface area (Å²) in [6, 6.07) is 7.55. The van der Waals surface area contributed by atoms with Crippen LogP contribution in [-0.2, 0) is 9.53 Å². The van der Waals surface area contributed by atoms with E-state index in [1.807, 2.05) is 24.3 Å². The molecule has 0 aliphatic rings. The van der Waals surface area contributed by atoms with Crippen LogP contribution in [0.1, 0.15) is 24.0 Å². The van der Waals surface area contributed by atoms with E-state index in [0.29, 0.717) is 12.8 Å². The Morgan fingerprint density at radius 2 is 2.11 bits per heavy atom. The van der Waals surface area contributed by atoms with Crippen molar-refractivity contribution in [1.82, 2.24) is 0 Å². The zero-order valence-corrected chi connectivity index (χ0v) is 10.3. The van der Waals surface area contributed by atoms with Crippen molar-refractivity contribution in [1.29, 1.82) is 0 Å². The Hall–Kier alpha value is -2.45. The summed E-state index contributed by atoms with van der Waals surface area (Å²) in [6.07, 6.45) is 9.90. The fourth-order valence-electron chi connectivity index (χ4n) is 1.28. The van der Waals surface area contributed by atoms with Gasteiger partial charge in [-0.2, -0.15) is 0 Å². The largest absolute Gasteiger partial charge is 0.466 e. The Kier molecular flexibility index (Phi) is 5.87. The summed E-state index contributed by atoms with van der Waals surface area (Å²) in [6.45, 7) is 0. The second-order valence-electron chi connectivity index (χ2n) is 3.46. The molecular weight excluding hydrogens is 224 g/mol. The lowest BCUT2D eigenvalue weighted by Gasteiger charge is -1.93. The summed E-state index contributed by atoms with van der Waals surface area (Å²) in [5.74, 6) is 8.29. The van der Waals surface area contributed by atoms with E-state index in [2.05, 4.69) is 22.5 Å². The summed E-state index contributed by atoms with van der Waals surface area (Å²) < 4.78 is 4.47. The number of carbonyl (C=O) groups excluding carboxylic acids is 1. The quantitative estimate of drug-likeness (QED) is 0.350. The maximum Gasteiger partial charge on any atom is 0.330 e.